The molecule has 0 bridgehead atoms. The molecule has 0 saturated carbocycles. The topological polar surface area (TPSA) is 21.3 Å². The van der Waals surface area contributed by atoms with Crippen molar-refractivity contribution in [1.29, 1.82) is 0 Å². The molecule has 0 aromatic heterocycles. The molecule has 20 heavy (non-hydrogen) atoms. The normalized spacial score (nSPS) is 21.8. The molecule has 2 rings (SSSR count). The highest BCUT2D eigenvalue weighted by Gasteiger charge is 2.30. The number of thioether (sulfide) groups is 1. The van der Waals surface area contributed by atoms with Gasteiger partial charge >= 0.3 is 0 Å². The fraction of sp³-hybridized carbons (Fsp3) is 0.625. The largest absolute Gasteiger partial charge is 0.495 e. The lowest BCUT2D eigenvalue weighted by molar-refractivity contribution is 0.305. The van der Waals surface area contributed by atoms with Crippen molar-refractivity contribution in [3.8, 4) is 5.75 Å². The van der Waals surface area contributed by atoms with Crippen molar-refractivity contribution < 1.29 is 4.74 Å². The minimum atomic E-state index is 0.388. The quantitative estimate of drug-likeness (QED) is 0.780. The van der Waals surface area contributed by atoms with Gasteiger partial charge in [0.2, 0.25) is 0 Å². The first-order chi connectivity index (χ1) is 9.64. The molecule has 112 valence electrons. The molecule has 0 saturated heterocycles. The number of anilines is 1. The van der Waals surface area contributed by atoms with E-state index in [-0.39, 0.29) is 0 Å². The van der Waals surface area contributed by atoms with E-state index in [0.717, 1.165) is 23.7 Å². The molecule has 1 heterocycles. The summed E-state index contributed by atoms with van der Waals surface area (Å²) in [6, 6.07) is 4.05. The lowest BCUT2D eigenvalue weighted by Gasteiger charge is -2.31. The number of benzene rings is 1. The predicted octanol–water partition coefficient (Wildman–Crippen LogP) is 5.45. The Balaban J connectivity index is 2.21. The monoisotopic (exact) mass is 313 g/mol. The van der Waals surface area contributed by atoms with Crippen LogP contribution in [-0.4, -0.2) is 19.4 Å². The van der Waals surface area contributed by atoms with Crippen molar-refractivity contribution in [2.24, 2.45) is 5.41 Å². The standard InChI is InChI=1S/C16H24ClNOS/c1-4-6-7-16(5-2)10-18-13-8-12(17)14(19-3)9-15(13)20-11-16/h8-9,18H,4-7,10-11H2,1-3H3. The van der Waals surface area contributed by atoms with Gasteiger partial charge in [0.15, 0.2) is 0 Å². The highest BCUT2D eigenvalue weighted by atomic mass is 35.5. The number of rotatable bonds is 5. The van der Waals surface area contributed by atoms with Crippen molar-refractivity contribution in [2.75, 3.05) is 24.7 Å². The smallest absolute Gasteiger partial charge is 0.138 e. The fourth-order valence-electron chi connectivity index (χ4n) is 2.63. The number of halogens is 1. The lowest BCUT2D eigenvalue weighted by Crippen LogP contribution is -2.30. The molecular formula is C16H24ClNOS. The van der Waals surface area contributed by atoms with E-state index < -0.39 is 0 Å². The van der Waals surface area contributed by atoms with Gasteiger partial charge in [0.25, 0.3) is 0 Å². The van der Waals surface area contributed by atoms with Gasteiger partial charge in [0.05, 0.1) is 12.1 Å². The van der Waals surface area contributed by atoms with Crippen LogP contribution < -0.4 is 10.1 Å². The number of methoxy groups -OCH3 is 1. The average molecular weight is 314 g/mol. The van der Waals surface area contributed by atoms with Gasteiger partial charge in [-0.2, -0.15) is 0 Å². The van der Waals surface area contributed by atoms with Crippen molar-refractivity contribution in [1.82, 2.24) is 0 Å². The van der Waals surface area contributed by atoms with Crippen molar-refractivity contribution >= 4 is 29.1 Å². The van der Waals surface area contributed by atoms with Crippen LogP contribution in [0.25, 0.3) is 0 Å². The van der Waals surface area contributed by atoms with Crippen LogP contribution in [0.2, 0.25) is 5.02 Å². The molecule has 1 aromatic carbocycles. The maximum absolute atomic E-state index is 6.23. The van der Waals surface area contributed by atoms with E-state index in [1.54, 1.807) is 7.11 Å². The Morgan fingerprint density at radius 3 is 2.85 bits per heavy atom. The molecule has 0 aliphatic carbocycles. The molecule has 1 aliphatic rings. The van der Waals surface area contributed by atoms with Crippen LogP contribution in [-0.2, 0) is 0 Å². The van der Waals surface area contributed by atoms with Gasteiger partial charge < -0.3 is 10.1 Å². The van der Waals surface area contributed by atoms with Crippen LogP contribution in [0.3, 0.4) is 0 Å². The van der Waals surface area contributed by atoms with Crippen LogP contribution in [0.4, 0.5) is 5.69 Å². The SMILES string of the molecule is CCCCC1(CC)CNc2cc(Cl)c(OC)cc2SC1. The van der Waals surface area contributed by atoms with Gasteiger partial charge in [-0.15, -0.1) is 11.8 Å². The van der Waals surface area contributed by atoms with Crippen LogP contribution in [0.5, 0.6) is 5.75 Å². The number of fused-ring (bicyclic) bond motifs is 1. The predicted molar refractivity (Wildman–Crippen MR) is 89.5 cm³/mol. The zero-order valence-electron chi connectivity index (χ0n) is 12.6. The van der Waals surface area contributed by atoms with Crippen molar-refractivity contribution in [3.63, 3.8) is 0 Å². The summed E-state index contributed by atoms with van der Waals surface area (Å²) >= 11 is 8.16. The van der Waals surface area contributed by atoms with Gasteiger partial charge in [-0.05, 0) is 30.4 Å². The van der Waals surface area contributed by atoms with Gasteiger partial charge in [-0.1, -0.05) is 38.3 Å². The number of hydrogen-bond donors (Lipinski definition) is 1. The zero-order valence-corrected chi connectivity index (χ0v) is 14.2. The summed E-state index contributed by atoms with van der Waals surface area (Å²) in [6.45, 7) is 5.60. The minimum absolute atomic E-state index is 0.388. The third kappa shape index (κ3) is 3.37. The Labute approximate surface area is 131 Å². The number of ether oxygens (including phenoxy) is 1. The van der Waals surface area contributed by atoms with Crippen LogP contribution in [0.15, 0.2) is 17.0 Å². The first-order valence-electron chi connectivity index (χ1n) is 7.38. The van der Waals surface area contributed by atoms with Crippen molar-refractivity contribution in [2.45, 2.75) is 44.4 Å². The van der Waals surface area contributed by atoms with E-state index in [1.165, 1.54) is 30.6 Å². The molecule has 1 atom stereocenters. The number of hydrogen-bond acceptors (Lipinski definition) is 3. The Bertz CT molecular complexity index is 466. The molecule has 0 spiro atoms. The minimum Gasteiger partial charge on any atom is -0.495 e. The summed E-state index contributed by atoms with van der Waals surface area (Å²) in [4.78, 5) is 1.25. The molecule has 1 aromatic rings. The molecule has 1 N–H and O–H groups in total. The molecule has 0 amide bonds. The molecule has 1 aliphatic heterocycles. The first-order valence-corrected chi connectivity index (χ1v) is 8.74. The Morgan fingerprint density at radius 1 is 1.40 bits per heavy atom. The van der Waals surface area contributed by atoms with E-state index in [2.05, 4.69) is 25.2 Å². The zero-order chi connectivity index (χ0) is 14.6. The van der Waals surface area contributed by atoms with Gasteiger partial charge in [0.1, 0.15) is 5.75 Å². The maximum atomic E-state index is 6.23. The van der Waals surface area contributed by atoms with E-state index in [4.69, 9.17) is 16.3 Å². The highest BCUT2D eigenvalue weighted by molar-refractivity contribution is 7.99. The van der Waals surface area contributed by atoms with E-state index in [1.807, 2.05) is 17.8 Å². The summed E-state index contributed by atoms with van der Waals surface area (Å²) in [5.41, 5.74) is 1.53. The highest BCUT2D eigenvalue weighted by Crippen LogP contribution is 2.44. The first kappa shape index (κ1) is 15.8. The average Bonchev–Trinajstić information content (AvgIpc) is 2.64. The second kappa shape index (κ2) is 6.95. The Morgan fingerprint density at radius 2 is 2.20 bits per heavy atom. The van der Waals surface area contributed by atoms with Gasteiger partial charge in [-0.3, -0.25) is 0 Å². The maximum Gasteiger partial charge on any atom is 0.138 e. The van der Waals surface area contributed by atoms with Gasteiger partial charge in [0, 0.05) is 22.9 Å². The number of nitrogens with one attached hydrogen (secondary N) is 1. The van der Waals surface area contributed by atoms with Crippen molar-refractivity contribution in [3.05, 3.63) is 17.2 Å². The molecular weight excluding hydrogens is 290 g/mol. The molecule has 4 heteroatoms. The third-order valence-electron chi connectivity index (χ3n) is 4.25. The van der Waals surface area contributed by atoms with Crippen LogP contribution in [0.1, 0.15) is 39.5 Å². The van der Waals surface area contributed by atoms with Crippen LogP contribution >= 0.6 is 23.4 Å². The molecule has 1 unspecified atom stereocenters. The van der Waals surface area contributed by atoms with E-state index in [9.17, 15) is 0 Å². The Kier molecular flexibility index (Phi) is 5.50. The number of unbranched alkanes of at least 4 members (excludes halogenated alkanes) is 1. The summed E-state index contributed by atoms with van der Waals surface area (Å²) in [5, 5.41) is 4.28. The molecule has 0 fully saturated rings. The fourth-order valence-corrected chi connectivity index (χ4v) is 4.26. The lowest BCUT2D eigenvalue weighted by atomic mass is 9.82. The van der Waals surface area contributed by atoms with E-state index in [0.29, 0.717) is 10.4 Å². The summed E-state index contributed by atoms with van der Waals surface area (Å²) < 4.78 is 5.32. The Hall–Kier alpha value is -0.540. The van der Waals surface area contributed by atoms with E-state index >= 15 is 0 Å². The third-order valence-corrected chi connectivity index (χ3v) is 5.95. The second-order valence-corrected chi connectivity index (χ2v) is 7.01. The second-order valence-electron chi connectivity index (χ2n) is 5.58. The van der Waals surface area contributed by atoms with Crippen LogP contribution in [0, 0.1) is 5.41 Å². The summed E-state index contributed by atoms with van der Waals surface area (Å²) in [5.74, 6) is 1.92. The summed E-state index contributed by atoms with van der Waals surface area (Å²) in [7, 11) is 1.67. The molecule has 2 nitrogen and oxygen atoms in total. The molecule has 0 radical (unpaired) electrons. The summed E-state index contributed by atoms with van der Waals surface area (Å²) in [6.07, 6.45) is 5.07. The van der Waals surface area contributed by atoms with Gasteiger partial charge in [-0.25, -0.2) is 0 Å².